The molecule has 0 saturated carbocycles. The molecule has 2 bridgehead atoms. The number of rotatable bonds is 4. The second-order valence-corrected chi connectivity index (χ2v) is 11.4. The van der Waals surface area contributed by atoms with Crippen molar-refractivity contribution in [1.29, 1.82) is 0 Å². The number of ether oxygens (including phenoxy) is 2. The molecule has 3 heterocycles. The lowest BCUT2D eigenvalue weighted by Crippen LogP contribution is -2.38. The SMILES string of the molecule is COC(=O)Nc1ccc2c(c1)NC(=O)[C@H](C)CCC[C@H](N1CCC(C3=C(F)/C(Cl)=C\C=C\C=C\3)=CC1=O)c1cc-2cc(OC)n1. The number of aromatic nitrogens is 1. The van der Waals surface area contributed by atoms with Gasteiger partial charge in [0.15, 0.2) is 0 Å². The summed E-state index contributed by atoms with van der Waals surface area (Å²) in [5.74, 6) is -1.00. The van der Waals surface area contributed by atoms with Crippen molar-refractivity contribution in [3.8, 4) is 17.0 Å². The van der Waals surface area contributed by atoms with Crippen molar-refractivity contribution in [1.82, 2.24) is 9.88 Å². The molecule has 2 aromatic rings. The van der Waals surface area contributed by atoms with E-state index in [9.17, 15) is 14.4 Å². The maximum absolute atomic E-state index is 15.2. The highest BCUT2D eigenvalue weighted by Gasteiger charge is 2.31. The molecule has 0 radical (unpaired) electrons. The van der Waals surface area contributed by atoms with Crippen LogP contribution in [0.1, 0.15) is 44.3 Å². The predicted octanol–water partition coefficient (Wildman–Crippen LogP) is 7.37. The number of methoxy groups -OCH3 is 2. The Morgan fingerprint density at radius 2 is 1.96 bits per heavy atom. The fourth-order valence-electron chi connectivity index (χ4n) is 5.63. The Bertz CT molecular complexity index is 1680. The topological polar surface area (TPSA) is 110 Å². The maximum atomic E-state index is 15.2. The van der Waals surface area contributed by atoms with E-state index < -0.39 is 18.0 Å². The van der Waals surface area contributed by atoms with Crippen LogP contribution < -0.4 is 15.4 Å². The Kier molecular flexibility index (Phi) is 9.83. The Morgan fingerprint density at radius 1 is 1.13 bits per heavy atom. The molecule has 0 fully saturated rings. The van der Waals surface area contributed by atoms with Crippen LogP contribution in [-0.2, 0) is 14.3 Å². The molecule has 0 spiro atoms. The summed E-state index contributed by atoms with van der Waals surface area (Å²) in [5, 5.41) is 5.62. The van der Waals surface area contributed by atoms with Crippen molar-refractivity contribution in [2.45, 2.75) is 38.6 Å². The van der Waals surface area contributed by atoms with Crippen LogP contribution in [0.5, 0.6) is 5.88 Å². The van der Waals surface area contributed by atoms with Crippen LogP contribution in [-0.4, -0.2) is 48.6 Å². The maximum Gasteiger partial charge on any atom is 0.411 e. The van der Waals surface area contributed by atoms with Crippen LogP contribution in [0.3, 0.4) is 0 Å². The number of amides is 3. The van der Waals surface area contributed by atoms with Crippen LogP contribution in [0.2, 0.25) is 0 Å². The molecule has 1 aromatic heterocycles. The second kappa shape index (κ2) is 13.9. The molecular weight excluding hydrogens is 599 g/mol. The van der Waals surface area contributed by atoms with E-state index >= 15 is 4.39 Å². The smallest absolute Gasteiger partial charge is 0.411 e. The van der Waals surface area contributed by atoms with Gasteiger partial charge in [-0.15, -0.1) is 0 Å². The summed E-state index contributed by atoms with van der Waals surface area (Å²) in [6.07, 6.45) is 11.2. The fourth-order valence-corrected chi connectivity index (χ4v) is 5.80. The fraction of sp³-hybridized carbons (Fsp3) is 0.294. The highest BCUT2D eigenvalue weighted by atomic mass is 35.5. The minimum Gasteiger partial charge on any atom is -0.481 e. The molecule has 2 aliphatic heterocycles. The van der Waals surface area contributed by atoms with Crippen molar-refractivity contribution in [3.05, 3.63) is 94.5 Å². The molecule has 5 rings (SSSR count). The van der Waals surface area contributed by atoms with Gasteiger partial charge in [-0.05, 0) is 54.7 Å². The third-order valence-electron chi connectivity index (χ3n) is 8.05. The number of benzene rings is 1. The number of carbonyl (C=O) groups excluding carboxylic acids is 3. The Morgan fingerprint density at radius 3 is 2.71 bits per heavy atom. The van der Waals surface area contributed by atoms with E-state index in [2.05, 4.69) is 10.6 Å². The van der Waals surface area contributed by atoms with Crippen LogP contribution in [0.4, 0.5) is 20.6 Å². The Hall–Kier alpha value is -4.70. The van der Waals surface area contributed by atoms with E-state index in [1.165, 1.54) is 26.4 Å². The van der Waals surface area contributed by atoms with Gasteiger partial charge in [-0.3, -0.25) is 14.9 Å². The zero-order valence-corrected chi connectivity index (χ0v) is 26.0. The van der Waals surface area contributed by atoms with Crippen LogP contribution in [0.15, 0.2) is 88.8 Å². The number of carbonyl (C=O) groups is 3. The zero-order chi connectivity index (χ0) is 32.1. The number of allylic oxidation sites excluding steroid dienone is 8. The van der Waals surface area contributed by atoms with Gasteiger partial charge in [0.05, 0.1) is 36.7 Å². The Balaban J connectivity index is 1.56. The number of nitrogens with zero attached hydrogens (tertiary/aromatic N) is 2. The number of anilines is 2. The summed E-state index contributed by atoms with van der Waals surface area (Å²) >= 11 is 6.14. The van der Waals surface area contributed by atoms with Crippen molar-refractivity contribution >= 4 is 40.9 Å². The van der Waals surface area contributed by atoms with Gasteiger partial charge >= 0.3 is 6.09 Å². The van der Waals surface area contributed by atoms with Gasteiger partial charge in [0.25, 0.3) is 0 Å². The number of fused-ring (bicyclic) bond motifs is 4. The Labute approximate surface area is 266 Å². The molecule has 3 amide bonds. The molecule has 234 valence electrons. The van der Waals surface area contributed by atoms with Crippen molar-refractivity contribution in [2.24, 2.45) is 5.92 Å². The normalized spacial score (nSPS) is 24.6. The van der Waals surface area contributed by atoms with Crippen molar-refractivity contribution < 1.29 is 28.2 Å². The van der Waals surface area contributed by atoms with Gasteiger partial charge in [0.1, 0.15) is 5.83 Å². The number of halogens is 2. The number of nitrogens with one attached hydrogen (secondary N) is 2. The molecular formula is C34H34ClFN4O5. The lowest BCUT2D eigenvalue weighted by atomic mass is 9.92. The first-order valence-corrected chi connectivity index (χ1v) is 15.0. The van der Waals surface area contributed by atoms with Crippen LogP contribution in [0, 0.1) is 5.92 Å². The van der Waals surface area contributed by atoms with E-state index in [0.717, 1.165) is 0 Å². The molecule has 1 aromatic carbocycles. The molecule has 11 heteroatoms. The van der Waals surface area contributed by atoms with E-state index in [0.29, 0.717) is 71.9 Å². The zero-order valence-electron chi connectivity index (χ0n) is 25.2. The standard InChI is InChI=1S/C34H34ClFN4O5/c1-20-8-7-11-29(40-15-14-21(18-31(40)41)25-9-5-4-6-10-26(35)32(25)36)28-16-22(17-30(38-28)44-2)24-13-12-23(37-34(43)45-3)19-27(24)39-33(20)42/h4-6,9-10,12-13,16-20,29H,7-8,11,14-15H2,1-3H3,(H,37,43)(H,39,42)/b5-4?,6-4+,9-5+,10-6?,25-9?,26-10+,32-25-,32-26?/t20-,29+/m1/s1. The van der Waals surface area contributed by atoms with Gasteiger partial charge in [-0.1, -0.05) is 55.3 Å². The van der Waals surface area contributed by atoms with Gasteiger partial charge in [-0.2, -0.15) is 0 Å². The van der Waals surface area contributed by atoms with E-state index in [-0.39, 0.29) is 28.3 Å². The summed E-state index contributed by atoms with van der Waals surface area (Å²) < 4.78 is 25.5. The van der Waals surface area contributed by atoms with Gasteiger partial charge in [-0.25, -0.2) is 14.2 Å². The molecule has 2 N–H and O–H groups in total. The summed E-state index contributed by atoms with van der Waals surface area (Å²) in [5.41, 5.74) is 3.79. The third kappa shape index (κ3) is 7.17. The average Bonchev–Trinajstić information content (AvgIpc) is 3.03. The first-order valence-electron chi connectivity index (χ1n) is 14.7. The highest BCUT2D eigenvalue weighted by molar-refractivity contribution is 6.32. The van der Waals surface area contributed by atoms with Crippen molar-refractivity contribution in [3.63, 3.8) is 0 Å². The van der Waals surface area contributed by atoms with E-state index in [1.807, 2.05) is 13.0 Å². The first kappa shape index (κ1) is 31.7. The minimum absolute atomic E-state index is 0.0274. The number of pyridine rings is 1. The summed E-state index contributed by atoms with van der Waals surface area (Å²) in [4.78, 5) is 45.4. The van der Waals surface area contributed by atoms with Gasteiger partial charge in [0.2, 0.25) is 17.7 Å². The molecule has 45 heavy (non-hydrogen) atoms. The third-order valence-corrected chi connectivity index (χ3v) is 8.35. The monoisotopic (exact) mass is 632 g/mol. The van der Waals surface area contributed by atoms with Crippen molar-refractivity contribution in [2.75, 3.05) is 31.4 Å². The van der Waals surface area contributed by atoms with Gasteiger partial charge < -0.3 is 19.7 Å². The summed E-state index contributed by atoms with van der Waals surface area (Å²) in [6, 6.07) is 8.37. The minimum atomic E-state index is -0.636. The quantitative estimate of drug-likeness (QED) is 0.364. The van der Waals surface area contributed by atoms with Gasteiger partial charge in [0, 0.05) is 41.4 Å². The highest BCUT2D eigenvalue weighted by Crippen LogP contribution is 2.39. The number of hydrogen-bond donors (Lipinski definition) is 2. The first-order chi connectivity index (χ1) is 21.7. The molecule has 9 nitrogen and oxygen atoms in total. The summed E-state index contributed by atoms with van der Waals surface area (Å²) in [6.45, 7) is 2.19. The molecule has 0 saturated heterocycles. The average molecular weight is 633 g/mol. The van der Waals surface area contributed by atoms with E-state index in [4.69, 9.17) is 26.1 Å². The largest absolute Gasteiger partial charge is 0.481 e. The second-order valence-electron chi connectivity index (χ2n) is 11.0. The number of hydrogen-bond acceptors (Lipinski definition) is 6. The van der Waals surface area contributed by atoms with Crippen LogP contribution in [0.25, 0.3) is 11.1 Å². The lowest BCUT2D eigenvalue weighted by molar-refractivity contribution is -0.129. The molecule has 3 aliphatic rings. The molecule has 2 atom stereocenters. The summed E-state index contributed by atoms with van der Waals surface area (Å²) in [7, 11) is 2.79. The lowest BCUT2D eigenvalue weighted by Gasteiger charge is -2.35. The molecule has 0 unspecified atom stereocenters. The van der Waals surface area contributed by atoms with E-state index in [1.54, 1.807) is 53.5 Å². The van der Waals surface area contributed by atoms with Crippen LogP contribution >= 0.6 is 11.6 Å². The molecule has 1 aliphatic carbocycles. The predicted molar refractivity (Wildman–Crippen MR) is 171 cm³/mol.